The third-order valence-electron chi connectivity index (χ3n) is 6.61. The molecule has 0 radical (unpaired) electrons. The maximum absolute atomic E-state index is 12.1. The molecule has 42 heavy (non-hydrogen) atoms. The number of allylic oxidation sites excluding steroid dienone is 2. The molecular formula is C30H56NO10P. The maximum atomic E-state index is 12.1. The summed E-state index contributed by atoms with van der Waals surface area (Å²) < 4.78 is 25.7. The molecule has 0 fully saturated rings. The minimum absolute atomic E-state index is 0.145. The Hall–Kier alpha value is -1.78. The molecule has 0 aromatic carbocycles. The van der Waals surface area contributed by atoms with Crippen LogP contribution in [0.5, 0.6) is 0 Å². The van der Waals surface area contributed by atoms with Crippen LogP contribution in [0.4, 0.5) is 0 Å². The van der Waals surface area contributed by atoms with Crippen LogP contribution in [0.3, 0.4) is 0 Å². The van der Waals surface area contributed by atoms with Crippen LogP contribution < -0.4 is 5.32 Å². The van der Waals surface area contributed by atoms with E-state index in [4.69, 9.17) is 0 Å². The summed E-state index contributed by atoms with van der Waals surface area (Å²) >= 11 is 0. The molecule has 0 bridgehead atoms. The smallest absolute Gasteiger partial charge is 0.472 e. The fourth-order valence-corrected chi connectivity index (χ4v) is 4.92. The second-order valence-corrected chi connectivity index (χ2v) is 12.2. The molecule has 3 atom stereocenters. The summed E-state index contributed by atoms with van der Waals surface area (Å²) in [6, 6.07) is -1.54. The first-order valence-corrected chi connectivity index (χ1v) is 17.2. The first kappa shape index (κ1) is 40.2. The van der Waals surface area contributed by atoms with Crippen LogP contribution in [0.2, 0.25) is 0 Å². The number of nitrogens with one attached hydrogen (secondary N) is 1. The van der Waals surface area contributed by atoms with Gasteiger partial charge in [0.15, 0.2) is 6.04 Å². The predicted octanol–water partition coefficient (Wildman–Crippen LogP) is 6.21. The van der Waals surface area contributed by atoms with E-state index >= 15 is 0 Å². The highest BCUT2D eigenvalue weighted by Gasteiger charge is 2.28. The molecule has 0 rings (SSSR count). The number of aliphatic hydroxyl groups is 1. The standard InChI is InChI=1S/C30H56NO10P/c1-3-4-5-6-7-8-9-10-11-12-13-14-15-16-17-18-19-20-21-22-29(34)31-28(30(35)36)25-41-42(37,38)40-24-27(33)23-39-26(2)32/h10-11,27-28,33H,3-9,12-25H2,1-2H3,(H,31,34)(H,35,36)(H,37,38)/b11-10+. The van der Waals surface area contributed by atoms with Crippen LogP contribution in [0.15, 0.2) is 12.2 Å². The minimum Gasteiger partial charge on any atom is -0.480 e. The summed E-state index contributed by atoms with van der Waals surface area (Å²) in [5.41, 5.74) is 0. The summed E-state index contributed by atoms with van der Waals surface area (Å²) in [5.74, 6) is -2.56. The van der Waals surface area contributed by atoms with Crippen LogP contribution in [0, 0.1) is 0 Å². The number of amides is 1. The van der Waals surface area contributed by atoms with E-state index in [0.29, 0.717) is 6.42 Å². The van der Waals surface area contributed by atoms with Crippen molar-refractivity contribution in [3.63, 3.8) is 0 Å². The Morgan fingerprint density at radius 1 is 0.762 bits per heavy atom. The van der Waals surface area contributed by atoms with Gasteiger partial charge in [0.25, 0.3) is 0 Å². The summed E-state index contributed by atoms with van der Waals surface area (Å²) in [6.07, 6.45) is 23.6. The molecule has 0 spiro atoms. The van der Waals surface area contributed by atoms with Gasteiger partial charge in [-0.25, -0.2) is 9.36 Å². The van der Waals surface area contributed by atoms with Crippen molar-refractivity contribution in [3.8, 4) is 0 Å². The van der Waals surface area contributed by atoms with Crippen LogP contribution in [-0.2, 0) is 32.7 Å². The van der Waals surface area contributed by atoms with Gasteiger partial charge in [-0.15, -0.1) is 0 Å². The molecule has 12 heteroatoms. The molecule has 1 amide bonds. The van der Waals surface area contributed by atoms with Crippen molar-refractivity contribution < 1.29 is 47.8 Å². The van der Waals surface area contributed by atoms with E-state index < -0.39 is 57.6 Å². The normalized spacial score (nSPS) is 14.4. The molecule has 0 saturated heterocycles. The van der Waals surface area contributed by atoms with Crippen molar-refractivity contribution in [2.45, 2.75) is 142 Å². The molecule has 246 valence electrons. The number of carboxylic acid groups (broad SMARTS) is 1. The zero-order valence-corrected chi connectivity index (χ0v) is 26.7. The van der Waals surface area contributed by atoms with E-state index in [-0.39, 0.29) is 6.42 Å². The molecule has 11 nitrogen and oxygen atoms in total. The Balaban J connectivity index is 3.81. The monoisotopic (exact) mass is 621 g/mol. The third-order valence-corrected chi connectivity index (χ3v) is 7.56. The lowest BCUT2D eigenvalue weighted by Crippen LogP contribution is -2.43. The number of carboxylic acids is 1. The van der Waals surface area contributed by atoms with Crippen molar-refractivity contribution >= 4 is 25.7 Å². The lowest BCUT2D eigenvalue weighted by atomic mass is 10.1. The van der Waals surface area contributed by atoms with Gasteiger partial charge in [0.05, 0.1) is 13.2 Å². The first-order valence-electron chi connectivity index (χ1n) is 15.7. The topological polar surface area (TPSA) is 169 Å². The van der Waals surface area contributed by atoms with Crippen LogP contribution in [0.1, 0.15) is 129 Å². The zero-order chi connectivity index (χ0) is 31.5. The molecule has 0 aliphatic rings. The molecule has 0 saturated carbocycles. The molecule has 4 N–H and O–H groups in total. The number of phosphoric acid groups is 1. The SMILES string of the molecule is CCCCCCCC/C=C/CCCCCCCCCCCC(=O)NC(COP(=O)(O)OCC(O)COC(C)=O)C(=O)O. The van der Waals surface area contributed by atoms with Gasteiger partial charge in [-0.2, -0.15) is 0 Å². The summed E-state index contributed by atoms with van der Waals surface area (Å²) in [5, 5.41) is 21.1. The molecule has 0 heterocycles. The van der Waals surface area contributed by atoms with Gasteiger partial charge in [-0.05, 0) is 32.1 Å². The largest absolute Gasteiger partial charge is 0.480 e. The fraction of sp³-hybridized carbons (Fsp3) is 0.833. The number of hydrogen-bond donors (Lipinski definition) is 4. The minimum atomic E-state index is -4.71. The van der Waals surface area contributed by atoms with E-state index in [1.54, 1.807) is 0 Å². The summed E-state index contributed by atoms with van der Waals surface area (Å²) in [4.78, 5) is 43.9. The Bertz CT molecular complexity index is 792. The van der Waals surface area contributed by atoms with Crippen LogP contribution in [-0.4, -0.2) is 64.9 Å². The molecule has 0 aromatic heterocycles. The number of carbonyl (C=O) groups excluding carboxylic acids is 2. The van der Waals surface area contributed by atoms with Gasteiger partial charge in [0, 0.05) is 13.3 Å². The number of carbonyl (C=O) groups is 3. The second-order valence-electron chi connectivity index (χ2n) is 10.7. The Kier molecular flexibility index (Phi) is 25.7. The van der Waals surface area contributed by atoms with Crippen molar-refractivity contribution in [2.24, 2.45) is 0 Å². The second kappa shape index (κ2) is 26.8. The molecule has 0 aliphatic carbocycles. The van der Waals surface area contributed by atoms with Gasteiger partial charge in [0.1, 0.15) is 12.7 Å². The summed E-state index contributed by atoms with van der Waals surface area (Å²) in [6.45, 7) is 1.46. The number of aliphatic hydroxyl groups excluding tert-OH is 1. The van der Waals surface area contributed by atoms with Crippen molar-refractivity contribution in [3.05, 3.63) is 12.2 Å². The van der Waals surface area contributed by atoms with Gasteiger partial charge in [-0.1, -0.05) is 96.1 Å². The highest BCUT2D eigenvalue weighted by molar-refractivity contribution is 7.47. The van der Waals surface area contributed by atoms with Crippen molar-refractivity contribution in [1.82, 2.24) is 5.32 Å². The molecular weight excluding hydrogens is 565 g/mol. The Labute approximate surface area is 252 Å². The fourth-order valence-electron chi connectivity index (χ4n) is 4.15. The van der Waals surface area contributed by atoms with E-state index in [1.165, 1.54) is 83.5 Å². The number of esters is 1. The average Bonchev–Trinajstić information content (AvgIpc) is 2.94. The number of hydrogen-bond acceptors (Lipinski definition) is 8. The third kappa shape index (κ3) is 27.1. The molecule has 0 aliphatic heterocycles. The summed E-state index contributed by atoms with van der Waals surface area (Å²) in [7, 11) is -4.71. The Morgan fingerprint density at radius 3 is 1.74 bits per heavy atom. The first-order chi connectivity index (χ1) is 20.1. The number of aliphatic carboxylic acids is 1. The lowest BCUT2D eigenvalue weighted by Gasteiger charge is -2.18. The Morgan fingerprint density at radius 2 is 1.24 bits per heavy atom. The van der Waals surface area contributed by atoms with Crippen molar-refractivity contribution in [1.29, 1.82) is 0 Å². The molecule has 0 aromatic rings. The van der Waals surface area contributed by atoms with Crippen molar-refractivity contribution in [2.75, 3.05) is 19.8 Å². The number of unbranched alkanes of at least 4 members (excludes halogenated alkanes) is 15. The van der Waals surface area contributed by atoms with Gasteiger partial charge in [-0.3, -0.25) is 18.6 Å². The van der Waals surface area contributed by atoms with Gasteiger partial charge < -0.3 is 25.2 Å². The van der Waals surface area contributed by atoms with Gasteiger partial charge >= 0.3 is 19.8 Å². The van der Waals surface area contributed by atoms with E-state index in [1.807, 2.05) is 0 Å². The maximum Gasteiger partial charge on any atom is 0.472 e. The number of rotatable bonds is 29. The number of phosphoric ester groups is 1. The number of ether oxygens (including phenoxy) is 1. The van der Waals surface area contributed by atoms with E-state index in [2.05, 4.69) is 38.2 Å². The van der Waals surface area contributed by atoms with Gasteiger partial charge in [0.2, 0.25) is 5.91 Å². The highest BCUT2D eigenvalue weighted by atomic mass is 31.2. The lowest BCUT2D eigenvalue weighted by molar-refractivity contribution is -0.144. The van der Waals surface area contributed by atoms with Crippen LogP contribution >= 0.6 is 7.82 Å². The quantitative estimate of drug-likeness (QED) is 0.0326. The zero-order valence-electron chi connectivity index (χ0n) is 25.8. The van der Waals surface area contributed by atoms with E-state index in [9.17, 15) is 34.1 Å². The van der Waals surface area contributed by atoms with E-state index in [0.717, 1.165) is 26.2 Å². The molecule has 3 unspecified atom stereocenters. The highest BCUT2D eigenvalue weighted by Crippen LogP contribution is 2.43. The average molecular weight is 622 g/mol. The predicted molar refractivity (Wildman–Crippen MR) is 162 cm³/mol. The van der Waals surface area contributed by atoms with Crippen LogP contribution in [0.25, 0.3) is 0 Å².